The van der Waals surface area contributed by atoms with Gasteiger partial charge in [-0.05, 0) is 54.7 Å². The van der Waals surface area contributed by atoms with Gasteiger partial charge in [0, 0.05) is 51.4 Å². The van der Waals surface area contributed by atoms with Gasteiger partial charge < -0.3 is 14.4 Å². The lowest BCUT2D eigenvalue weighted by atomic mass is 10.0. The van der Waals surface area contributed by atoms with E-state index in [9.17, 15) is 14.9 Å². The van der Waals surface area contributed by atoms with Crippen molar-refractivity contribution in [3.63, 3.8) is 0 Å². The Morgan fingerprint density at radius 2 is 1.70 bits per heavy atom. The maximum Gasteiger partial charge on any atom is 0.270 e. The normalized spacial score (nSPS) is 16.3. The van der Waals surface area contributed by atoms with Gasteiger partial charge in [-0.2, -0.15) is 5.26 Å². The summed E-state index contributed by atoms with van der Waals surface area (Å²) in [6, 6.07) is 18.2. The molecular formula is C35H39N5O4S2. The Labute approximate surface area is 280 Å². The second-order valence-electron chi connectivity index (χ2n) is 11.3. The van der Waals surface area contributed by atoms with Gasteiger partial charge in [0.2, 0.25) is 0 Å². The molecule has 1 amide bonds. The molecule has 3 heterocycles. The largest absolute Gasteiger partial charge is 0.493 e. The first-order valence-electron chi connectivity index (χ1n) is 15.4. The van der Waals surface area contributed by atoms with Crippen molar-refractivity contribution in [1.29, 1.82) is 5.26 Å². The van der Waals surface area contributed by atoms with Crippen LogP contribution in [-0.4, -0.2) is 71.5 Å². The van der Waals surface area contributed by atoms with E-state index in [1.54, 1.807) is 30.6 Å². The number of benzene rings is 2. The third kappa shape index (κ3) is 6.99. The average Bonchev–Trinajstić information content (AvgIpc) is 3.34. The number of carbonyl (C=O) groups excluding carboxylic acids is 1. The Balaban J connectivity index is 1.44. The number of rotatable bonds is 11. The number of pyridine rings is 1. The number of nitriles is 1. The molecule has 5 rings (SSSR count). The highest BCUT2D eigenvalue weighted by Gasteiger charge is 2.33. The fraction of sp³-hybridized carbons (Fsp3) is 0.371. The number of thiocarbonyl (C=S) groups is 1. The summed E-state index contributed by atoms with van der Waals surface area (Å²) in [7, 11) is 3.19. The van der Waals surface area contributed by atoms with Gasteiger partial charge in [-0.3, -0.25) is 24.0 Å². The highest BCUT2D eigenvalue weighted by Crippen LogP contribution is 2.36. The summed E-state index contributed by atoms with van der Waals surface area (Å²) in [5.41, 5.74) is 3.38. The van der Waals surface area contributed by atoms with E-state index in [0.717, 1.165) is 43.0 Å². The molecule has 2 fully saturated rings. The van der Waals surface area contributed by atoms with Crippen molar-refractivity contribution in [2.45, 2.75) is 39.8 Å². The van der Waals surface area contributed by atoms with E-state index in [2.05, 4.69) is 40.1 Å². The molecule has 240 valence electrons. The van der Waals surface area contributed by atoms with E-state index < -0.39 is 0 Å². The van der Waals surface area contributed by atoms with Crippen LogP contribution in [0.5, 0.6) is 11.5 Å². The van der Waals surface area contributed by atoms with Crippen LogP contribution in [0.4, 0.5) is 5.82 Å². The lowest BCUT2D eigenvalue weighted by Gasteiger charge is -2.38. The average molecular weight is 658 g/mol. The molecule has 0 aliphatic carbocycles. The molecule has 9 nitrogen and oxygen atoms in total. The lowest BCUT2D eigenvalue weighted by Crippen LogP contribution is -2.48. The maximum absolute atomic E-state index is 13.8. The van der Waals surface area contributed by atoms with Crippen molar-refractivity contribution in [2.24, 2.45) is 0 Å². The number of piperazine rings is 1. The van der Waals surface area contributed by atoms with Gasteiger partial charge in [0.1, 0.15) is 21.8 Å². The second-order valence-corrected chi connectivity index (χ2v) is 13.0. The minimum atomic E-state index is -0.289. The van der Waals surface area contributed by atoms with Crippen molar-refractivity contribution in [2.75, 3.05) is 51.8 Å². The number of aromatic nitrogens is 1. The molecule has 2 aliphatic rings. The van der Waals surface area contributed by atoms with Crippen LogP contribution in [0.2, 0.25) is 0 Å². The molecule has 46 heavy (non-hydrogen) atoms. The zero-order valence-corrected chi connectivity index (χ0v) is 28.4. The fourth-order valence-corrected chi connectivity index (χ4v) is 7.27. The van der Waals surface area contributed by atoms with Gasteiger partial charge in [0.25, 0.3) is 11.5 Å². The first kappa shape index (κ1) is 33.3. The van der Waals surface area contributed by atoms with Gasteiger partial charge in [0.05, 0.1) is 19.1 Å². The summed E-state index contributed by atoms with van der Waals surface area (Å²) < 4.78 is 13.0. The maximum atomic E-state index is 13.8. The van der Waals surface area contributed by atoms with E-state index in [-0.39, 0.29) is 17.0 Å². The van der Waals surface area contributed by atoms with E-state index in [1.165, 1.54) is 17.3 Å². The molecule has 2 aromatic carbocycles. The van der Waals surface area contributed by atoms with E-state index in [0.29, 0.717) is 58.9 Å². The highest BCUT2D eigenvalue weighted by atomic mass is 32.2. The molecule has 0 spiro atoms. The van der Waals surface area contributed by atoms with E-state index in [1.807, 2.05) is 37.3 Å². The SMILES string of the molecule is CCCn1c(N2CCN(Cc3ccccc3)CC2)c(/C=C2/SC(=S)N(CCc3ccc(OC)c(OC)c3)C2=O)c(C)c(C#N)c1=O. The van der Waals surface area contributed by atoms with Gasteiger partial charge >= 0.3 is 0 Å². The molecule has 0 unspecified atom stereocenters. The molecule has 0 saturated carbocycles. The standard InChI is InChI=1S/C35H39N5O4S2/c1-5-14-39-32(38-18-16-37(17-19-38)23-26-9-7-6-8-10-26)27(24(2)28(22-36)33(39)41)21-31-34(42)40(35(45)46-31)15-13-25-11-12-29(43-3)30(20-25)44-4/h6-12,20-21H,5,13-19,23H2,1-4H3/b31-21+. The van der Waals surface area contributed by atoms with Crippen LogP contribution in [-0.2, 0) is 24.3 Å². The molecule has 0 radical (unpaired) electrons. The van der Waals surface area contributed by atoms with Gasteiger partial charge in [0.15, 0.2) is 11.5 Å². The van der Waals surface area contributed by atoms with Crippen LogP contribution in [0.1, 0.15) is 41.2 Å². The Bertz CT molecular complexity index is 1740. The first-order valence-corrected chi connectivity index (χ1v) is 16.7. The number of nitrogens with zero attached hydrogens (tertiary/aromatic N) is 5. The lowest BCUT2D eigenvalue weighted by molar-refractivity contribution is -0.122. The summed E-state index contributed by atoms with van der Waals surface area (Å²) >= 11 is 6.92. The highest BCUT2D eigenvalue weighted by molar-refractivity contribution is 8.26. The summed E-state index contributed by atoms with van der Waals surface area (Å²) in [6.45, 7) is 8.65. The fourth-order valence-electron chi connectivity index (χ4n) is 5.98. The smallest absolute Gasteiger partial charge is 0.270 e. The minimum absolute atomic E-state index is 0.107. The van der Waals surface area contributed by atoms with Gasteiger partial charge in [-0.1, -0.05) is 67.3 Å². The number of amides is 1. The van der Waals surface area contributed by atoms with Crippen LogP contribution in [0, 0.1) is 18.3 Å². The van der Waals surface area contributed by atoms with E-state index >= 15 is 0 Å². The predicted octanol–water partition coefficient (Wildman–Crippen LogP) is 5.22. The number of hydrogen-bond donors (Lipinski definition) is 0. The number of anilines is 1. The quantitative estimate of drug-likeness (QED) is 0.203. The number of carbonyl (C=O) groups is 1. The van der Waals surface area contributed by atoms with Crippen LogP contribution < -0.4 is 19.9 Å². The summed E-state index contributed by atoms with van der Waals surface area (Å²) in [5, 5.41) is 10.0. The van der Waals surface area contributed by atoms with Crippen LogP contribution in [0.3, 0.4) is 0 Å². The second kappa shape index (κ2) is 15.0. The third-order valence-electron chi connectivity index (χ3n) is 8.44. The molecule has 11 heteroatoms. The molecule has 1 aromatic heterocycles. The monoisotopic (exact) mass is 657 g/mol. The zero-order valence-electron chi connectivity index (χ0n) is 26.7. The number of thioether (sulfide) groups is 1. The number of ether oxygens (including phenoxy) is 2. The predicted molar refractivity (Wildman–Crippen MR) is 188 cm³/mol. The number of hydrogen-bond acceptors (Lipinski definition) is 9. The minimum Gasteiger partial charge on any atom is -0.493 e. The molecule has 0 bridgehead atoms. The molecule has 0 N–H and O–H groups in total. The molecule has 3 aromatic rings. The van der Waals surface area contributed by atoms with E-state index in [4.69, 9.17) is 21.7 Å². The van der Waals surface area contributed by atoms with Gasteiger partial charge in [-0.15, -0.1) is 0 Å². The van der Waals surface area contributed by atoms with Crippen molar-refractivity contribution < 1.29 is 14.3 Å². The first-order chi connectivity index (χ1) is 22.3. The molecule has 0 atom stereocenters. The summed E-state index contributed by atoms with van der Waals surface area (Å²) in [4.78, 5) is 34.1. The zero-order chi connectivity index (χ0) is 32.8. The third-order valence-corrected chi connectivity index (χ3v) is 9.81. The van der Waals surface area contributed by atoms with Crippen molar-refractivity contribution in [3.8, 4) is 17.6 Å². The van der Waals surface area contributed by atoms with Crippen molar-refractivity contribution in [3.05, 3.63) is 91.6 Å². The Morgan fingerprint density at radius 1 is 0.978 bits per heavy atom. The Kier molecular flexibility index (Phi) is 10.8. The molecule has 2 aliphatic heterocycles. The molecular weight excluding hydrogens is 619 g/mol. The Morgan fingerprint density at radius 3 is 2.35 bits per heavy atom. The van der Waals surface area contributed by atoms with Gasteiger partial charge in [-0.25, -0.2) is 0 Å². The Hall–Kier alpha value is -4.11. The number of methoxy groups -OCH3 is 2. The van der Waals surface area contributed by atoms with Crippen LogP contribution in [0.25, 0.3) is 6.08 Å². The van der Waals surface area contributed by atoms with Crippen molar-refractivity contribution in [1.82, 2.24) is 14.4 Å². The van der Waals surface area contributed by atoms with Crippen molar-refractivity contribution >= 4 is 46.1 Å². The van der Waals surface area contributed by atoms with Crippen LogP contribution >= 0.6 is 24.0 Å². The topological polar surface area (TPSA) is 91.0 Å². The van der Waals surface area contributed by atoms with Crippen LogP contribution in [0.15, 0.2) is 58.2 Å². The molecule has 2 saturated heterocycles. The summed E-state index contributed by atoms with van der Waals surface area (Å²) in [6.07, 6.45) is 3.15. The summed E-state index contributed by atoms with van der Waals surface area (Å²) in [5.74, 6) is 1.85.